The van der Waals surface area contributed by atoms with E-state index in [-0.39, 0.29) is 11.9 Å². The van der Waals surface area contributed by atoms with E-state index in [2.05, 4.69) is 48.4 Å². The molecular formula is C25H27N3O2. The molecule has 2 aliphatic rings. The first kappa shape index (κ1) is 19.1. The van der Waals surface area contributed by atoms with Crippen molar-refractivity contribution < 1.29 is 9.90 Å². The van der Waals surface area contributed by atoms with E-state index in [1.54, 1.807) is 6.20 Å². The van der Waals surface area contributed by atoms with Gasteiger partial charge in [-0.15, -0.1) is 0 Å². The first-order valence-corrected chi connectivity index (χ1v) is 10.8. The normalized spacial score (nSPS) is 21.1. The topological polar surface area (TPSA) is 58.4 Å². The number of aromatic nitrogens is 2. The second kappa shape index (κ2) is 7.73. The summed E-state index contributed by atoms with van der Waals surface area (Å²) in [5.41, 5.74) is 6.53. The van der Waals surface area contributed by atoms with Gasteiger partial charge in [-0.3, -0.25) is 4.79 Å². The summed E-state index contributed by atoms with van der Waals surface area (Å²) in [5, 5.41) is 14.7. The van der Waals surface area contributed by atoms with Crippen LogP contribution in [0, 0.1) is 6.92 Å². The van der Waals surface area contributed by atoms with Crippen LogP contribution < -0.4 is 0 Å². The number of fused-ring (bicyclic) bond motifs is 1. The summed E-state index contributed by atoms with van der Waals surface area (Å²) >= 11 is 0. The predicted octanol–water partition coefficient (Wildman–Crippen LogP) is 4.03. The van der Waals surface area contributed by atoms with Gasteiger partial charge in [0.2, 0.25) is 0 Å². The number of nitrogens with zero attached hydrogens (tertiary/aromatic N) is 3. The molecule has 5 rings (SSSR count). The van der Waals surface area contributed by atoms with Crippen LogP contribution in [-0.4, -0.2) is 37.8 Å². The summed E-state index contributed by atoms with van der Waals surface area (Å²) in [6, 6.07) is 14.5. The summed E-state index contributed by atoms with van der Waals surface area (Å²) in [5.74, 6) is 0.0752. The van der Waals surface area contributed by atoms with Gasteiger partial charge in [0.1, 0.15) is 0 Å². The largest absolute Gasteiger partial charge is 0.391 e. The van der Waals surface area contributed by atoms with E-state index in [9.17, 15) is 9.90 Å². The van der Waals surface area contributed by atoms with Crippen LogP contribution in [0.3, 0.4) is 0 Å². The van der Waals surface area contributed by atoms with Gasteiger partial charge >= 0.3 is 0 Å². The molecule has 1 amide bonds. The molecule has 0 spiro atoms. The van der Waals surface area contributed by atoms with Gasteiger partial charge in [-0.1, -0.05) is 31.0 Å². The monoisotopic (exact) mass is 401 g/mol. The summed E-state index contributed by atoms with van der Waals surface area (Å²) in [6.45, 7) is 2.74. The average Bonchev–Trinajstić information content (AvgIpc) is 3.39. The molecule has 3 aromatic rings. The highest BCUT2D eigenvalue weighted by atomic mass is 16.3. The van der Waals surface area contributed by atoms with E-state index < -0.39 is 6.10 Å². The van der Waals surface area contributed by atoms with E-state index >= 15 is 0 Å². The summed E-state index contributed by atoms with van der Waals surface area (Å²) in [7, 11) is 0. The van der Waals surface area contributed by atoms with Crippen LogP contribution in [0.15, 0.2) is 54.9 Å². The SMILES string of the molecule is Cc1cc2c(cc1Cc1ccc(-n3cccn3)cc1)C(=O)N([C@@H]1CCCC[C@H]1O)C2. The minimum atomic E-state index is -0.397. The molecule has 1 N–H and O–H groups in total. The standard InChI is InChI=1S/C25H27N3O2/c1-17-13-20-16-27(23-5-2-3-6-24(23)29)25(30)22(20)15-19(17)14-18-7-9-21(10-8-18)28-12-4-11-26-28/h4,7-13,15,23-24,29H,2-3,5-6,14,16H2,1H3/t23-,24-/m1/s1. The molecule has 2 aromatic carbocycles. The van der Waals surface area contributed by atoms with Crippen LogP contribution in [-0.2, 0) is 13.0 Å². The highest BCUT2D eigenvalue weighted by Crippen LogP contribution is 2.33. The third-order valence-corrected chi connectivity index (χ3v) is 6.59. The van der Waals surface area contributed by atoms with Gasteiger partial charge in [-0.25, -0.2) is 4.68 Å². The lowest BCUT2D eigenvalue weighted by atomic mass is 9.91. The number of hydrogen-bond acceptors (Lipinski definition) is 3. The van der Waals surface area contributed by atoms with E-state index in [0.29, 0.717) is 6.54 Å². The molecule has 0 bridgehead atoms. The van der Waals surface area contributed by atoms with E-state index in [4.69, 9.17) is 0 Å². The third-order valence-electron chi connectivity index (χ3n) is 6.59. The van der Waals surface area contributed by atoms with Crippen LogP contribution >= 0.6 is 0 Å². The molecule has 0 radical (unpaired) electrons. The molecule has 0 unspecified atom stereocenters. The molecule has 1 fully saturated rings. The van der Waals surface area contributed by atoms with E-state index in [1.165, 1.54) is 16.7 Å². The van der Waals surface area contributed by atoms with Gasteiger partial charge < -0.3 is 10.0 Å². The second-order valence-corrected chi connectivity index (χ2v) is 8.58. The van der Waals surface area contributed by atoms with E-state index in [1.807, 2.05) is 21.8 Å². The Bertz CT molecular complexity index is 1060. The van der Waals surface area contributed by atoms with Crippen LogP contribution in [0.1, 0.15) is 58.3 Å². The van der Waals surface area contributed by atoms with Gasteiger partial charge in [0.05, 0.1) is 17.8 Å². The zero-order chi connectivity index (χ0) is 20.7. The van der Waals surface area contributed by atoms with Gasteiger partial charge in [0.25, 0.3) is 5.91 Å². The molecule has 1 aromatic heterocycles. The predicted molar refractivity (Wildman–Crippen MR) is 116 cm³/mol. The lowest BCUT2D eigenvalue weighted by Gasteiger charge is -2.35. The minimum absolute atomic E-state index is 0.0442. The quantitative estimate of drug-likeness (QED) is 0.718. The molecule has 154 valence electrons. The Balaban J connectivity index is 1.37. The number of carbonyl (C=O) groups is 1. The Labute approximate surface area is 177 Å². The number of rotatable bonds is 4. The summed E-state index contributed by atoms with van der Waals surface area (Å²) in [4.78, 5) is 15.0. The van der Waals surface area contributed by atoms with Gasteiger partial charge in [0, 0.05) is 24.5 Å². The van der Waals surface area contributed by atoms with Gasteiger partial charge in [-0.2, -0.15) is 5.10 Å². The highest BCUT2D eigenvalue weighted by Gasteiger charge is 2.37. The van der Waals surface area contributed by atoms with Crippen molar-refractivity contribution >= 4 is 5.91 Å². The fourth-order valence-electron chi connectivity index (χ4n) is 4.87. The maximum atomic E-state index is 13.1. The molecule has 5 nitrogen and oxygen atoms in total. The van der Waals surface area contributed by atoms with Gasteiger partial charge in [0.15, 0.2) is 0 Å². The van der Waals surface area contributed by atoms with Crippen molar-refractivity contribution in [2.75, 3.05) is 0 Å². The third kappa shape index (κ3) is 3.43. The van der Waals surface area contributed by atoms with Crippen LogP contribution in [0.2, 0.25) is 0 Å². The molecule has 5 heteroatoms. The number of hydrogen-bond donors (Lipinski definition) is 1. The Morgan fingerprint density at radius 1 is 1.13 bits per heavy atom. The maximum absolute atomic E-state index is 13.1. The first-order chi connectivity index (χ1) is 14.6. The summed E-state index contributed by atoms with van der Waals surface area (Å²) < 4.78 is 1.84. The van der Waals surface area contributed by atoms with Crippen LogP contribution in [0.4, 0.5) is 0 Å². The molecule has 1 aliphatic heterocycles. The first-order valence-electron chi connectivity index (χ1n) is 10.8. The minimum Gasteiger partial charge on any atom is -0.391 e. The number of aliphatic hydroxyl groups is 1. The molecule has 1 saturated carbocycles. The highest BCUT2D eigenvalue weighted by molar-refractivity contribution is 5.99. The van der Waals surface area contributed by atoms with Crippen molar-refractivity contribution in [3.63, 3.8) is 0 Å². The second-order valence-electron chi connectivity index (χ2n) is 8.58. The van der Waals surface area contributed by atoms with Crippen LogP contribution in [0.5, 0.6) is 0 Å². The van der Waals surface area contributed by atoms with Crippen molar-refractivity contribution in [2.45, 2.75) is 57.7 Å². The zero-order valence-corrected chi connectivity index (χ0v) is 17.3. The van der Waals surface area contributed by atoms with Crippen molar-refractivity contribution in [3.05, 3.63) is 82.7 Å². The number of carbonyl (C=O) groups excluding carboxylic acids is 1. The number of benzene rings is 2. The van der Waals surface area contributed by atoms with E-state index in [0.717, 1.165) is 48.9 Å². The Hall–Kier alpha value is -2.92. The molecule has 0 saturated heterocycles. The Morgan fingerprint density at radius 3 is 2.67 bits per heavy atom. The molecule has 2 heterocycles. The zero-order valence-electron chi connectivity index (χ0n) is 17.3. The Kier molecular flexibility index (Phi) is 4.91. The summed E-state index contributed by atoms with van der Waals surface area (Å²) in [6.07, 6.45) is 7.92. The maximum Gasteiger partial charge on any atom is 0.254 e. The van der Waals surface area contributed by atoms with Crippen molar-refractivity contribution in [1.29, 1.82) is 0 Å². The van der Waals surface area contributed by atoms with Crippen LogP contribution in [0.25, 0.3) is 5.69 Å². The number of aliphatic hydroxyl groups excluding tert-OH is 1. The fraction of sp³-hybridized carbons (Fsp3) is 0.360. The molecule has 2 atom stereocenters. The lowest BCUT2D eigenvalue weighted by Crippen LogP contribution is -2.45. The smallest absolute Gasteiger partial charge is 0.254 e. The number of aryl methyl sites for hydroxylation is 1. The molecule has 1 aliphatic carbocycles. The number of amides is 1. The average molecular weight is 402 g/mol. The van der Waals surface area contributed by atoms with Crippen molar-refractivity contribution in [3.8, 4) is 5.69 Å². The lowest BCUT2D eigenvalue weighted by molar-refractivity contribution is 0.0191. The fourth-order valence-corrected chi connectivity index (χ4v) is 4.87. The van der Waals surface area contributed by atoms with Crippen molar-refractivity contribution in [1.82, 2.24) is 14.7 Å². The molecular weight excluding hydrogens is 374 g/mol. The van der Waals surface area contributed by atoms with Crippen molar-refractivity contribution in [2.24, 2.45) is 0 Å². The Morgan fingerprint density at radius 2 is 1.93 bits per heavy atom. The molecule has 30 heavy (non-hydrogen) atoms. The van der Waals surface area contributed by atoms with Gasteiger partial charge in [-0.05, 0) is 72.7 Å².